The van der Waals surface area contributed by atoms with Crippen LogP contribution in [0.4, 0.5) is 20.6 Å². The summed E-state index contributed by atoms with van der Waals surface area (Å²) in [7, 11) is 0. The first-order valence-electron chi connectivity index (χ1n) is 6.58. The molecule has 2 aromatic carbocycles. The molecule has 0 aliphatic rings. The van der Waals surface area contributed by atoms with Crippen molar-refractivity contribution < 1.29 is 14.3 Å². The van der Waals surface area contributed by atoms with Crippen molar-refractivity contribution in [1.29, 1.82) is 0 Å². The molecule has 0 fully saturated rings. The molecule has 0 spiro atoms. The maximum Gasteiger partial charge on any atom is 0.323 e. The Morgan fingerprint density at radius 1 is 1.10 bits per heavy atom. The third-order valence-corrected chi connectivity index (χ3v) is 3.07. The molecule has 0 radical (unpaired) electrons. The van der Waals surface area contributed by atoms with Crippen LogP contribution in [0.25, 0.3) is 0 Å². The van der Waals surface area contributed by atoms with Crippen LogP contribution >= 0.6 is 0 Å². The summed E-state index contributed by atoms with van der Waals surface area (Å²) in [4.78, 5) is 11.8. The van der Waals surface area contributed by atoms with Crippen molar-refractivity contribution in [3.05, 3.63) is 59.4 Å². The topological polar surface area (TPSA) is 61.4 Å². The number of anilines is 2. The van der Waals surface area contributed by atoms with Gasteiger partial charge in [0, 0.05) is 11.4 Å². The Hall–Kier alpha value is -2.40. The van der Waals surface area contributed by atoms with Crippen LogP contribution in [-0.4, -0.2) is 11.1 Å². The molecular formula is C16H17FN2O2. The van der Waals surface area contributed by atoms with Crippen LogP contribution in [0.15, 0.2) is 42.5 Å². The van der Waals surface area contributed by atoms with Gasteiger partial charge in [0.25, 0.3) is 0 Å². The molecule has 0 saturated heterocycles. The average molecular weight is 288 g/mol. The summed E-state index contributed by atoms with van der Waals surface area (Å²) in [6.07, 6.45) is -0.546. The molecule has 0 bridgehead atoms. The van der Waals surface area contributed by atoms with E-state index in [4.69, 9.17) is 0 Å². The predicted octanol–water partition coefficient (Wildman–Crippen LogP) is 3.83. The van der Waals surface area contributed by atoms with E-state index in [9.17, 15) is 14.3 Å². The summed E-state index contributed by atoms with van der Waals surface area (Å²) >= 11 is 0. The zero-order valence-corrected chi connectivity index (χ0v) is 11.9. The van der Waals surface area contributed by atoms with Crippen molar-refractivity contribution in [2.75, 3.05) is 10.6 Å². The number of carbonyl (C=O) groups excluding carboxylic acids is 1. The van der Waals surface area contributed by atoms with E-state index in [0.717, 1.165) is 5.56 Å². The quantitative estimate of drug-likeness (QED) is 0.803. The van der Waals surface area contributed by atoms with Gasteiger partial charge < -0.3 is 15.7 Å². The minimum absolute atomic E-state index is 0.310. The second-order valence-electron chi connectivity index (χ2n) is 4.84. The van der Waals surface area contributed by atoms with Crippen LogP contribution in [0, 0.1) is 12.7 Å². The third-order valence-electron chi connectivity index (χ3n) is 3.07. The first-order valence-corrected chi connectivity index (χ1v) is 6.58. The van der Waals surface area contributed by atoms with Gasteiger partial charge in [0.15, 0.2) is 0 Å². The van der Waals surface area contributed by atoms with E-state index in [1.807, 2.05) is 0 Å². The van der Waals surface area contributed by atoms with Gasteiger partial charge in [0.05, 0.1) is 6.10 Å². The number of rotatable bonds is 3. The SMILES string of the molecule is Cc1cc(NC(=O)Nc2ccc(C(C)O)cc2)ccc1F. The molecule has 5 heteroatoms. The number of hydrogen-bond acceptors (Lipinski definition) is 2. The monoisotopic (exact) mass is 288 g/mol. The minimum atomic E-state index is -0.546. The van der Waals surface area contributed by atoms with Crippen molar-refractivity contribution >= 4 is 17.4 Å². The Bertz CT molecular complexity index is 639. The van der Waals surface area contributed by atoms with E-state index in [2.05, 4.69) is 10.6 Å². The van der Waals surface area contributed by atoms with Crippen molar-refractivity contribution in [3.63, 3.8) is 0 Å². The smallest absolute Gasteiger partial charge is 0.323 e. The summed E-state index contributed by atoms with van der Waals surface area (Å²) in [6.45, 7) is 3.30. The van der Waals surface area contributed by atoms with Gasteiger partial charge in [-0.15, -0.1) is 0 Å². The van der Waals surface area contributed by atoms with E-state index in [1.54, 1.807) is 44.2 Å². The maximum atomic E-state index is 13.1. The molecule has 1 unspecified atom stereocenters. The van der Waals surface area contributed by atoms with Crippen molar-refractivity contribution in [2.24, 2.45) is 0 Å². The Kier molecular flexibility index (Phi) is 4.55. The average Bonchev–Trinajstić information content (AvgIpc) is 2.43. The van der Waals surface area contributed by atoms with Crippen LogP contribution < -0.4 is 10.6 Å². The standard InChI is InChI=1S/C16H17FN2O2/c1-10-9-14(7-8-15(10)17)19-16(21)18-13-5-3-12(4-6-13)11(2)20/h3-9,11,20H,1-2H3,(H2,18,19,21). The molecular weight excluding hydrogens is 271 g/mol. The third kappa shape index (κ3) is 4.03. The van der Waals surface area contributed by atoms with Crippen LogP contribution in [0.1, 0.15) is 24.2 Å². The number of urea groups is 1. The van der Waals surface area contributed by atoms with E-state index in [1.165, 1.54) is 12.1 Å². The Morgan fingerprint density at radius 3 is 2.24 bits per heavy atom. The fourth-order valence-electron chi connectivity index (χ4n) is 1.86. The fraction of sp³-hybridized carbons (Fsp3) is 0.188. The molecule has 110 valence electrons. The zero-order valence-electron chi connectivity index (χ0n) is 11.9. The number of carbonyl (C=O) groups is 1. The van der Waals surface area contributed by atoms with Gasteiger partial charge in [-0.2, -0.15) is 0 Å². The van der Waals surface area contributed by atoms with E-state index >= 15 is 0 Å². The fourth-order valence-corrected chi connectivity index (χ4v) is 1.86. The highest BCUT2D eigenvalue weighted by Crippen LogP contribution is 2.17. The number of nitrogens with one attached hydrogen (secondary N) is 2. The lowest BCUT2D eigenvalue weighted by Gasteiger charge is -2.10. The number of amides is 2. The highest BCUT2D eigenvalue weighted by Gasteiger charge is 2.05. The molecule has 4 nitrogen and oxygen atoms in total. The van der Waals surface area contributed by atoms with Gasteiger partial charge >= 0.3 is 6.03 Å². The lowest BCUT2D eigenvalue weighted by Crippen LogP contribution is -2.19. The zero-order chi connectivity index (χ0) is 15.4. The van der Waals surface area contributed by atoms with Crippen LogP contribution in [0.2, 0.25) is 0 Å². The molecule has 2 rings (SSSR count). The molecule has 21 heavy (non-hydrogen) atoms. The predicted molar refractivity (Wildman–Crippen MR) is 80.9 cm³/mol. The summed E-state index contributed by atoms with van der Waals surface area (Å²) in [6, 6.07) is 10.8. The number of halogens is 1. The molecule has 0 aromatic heterocycles. The van der Waals surface area contributed by atoms with Crippen molar-refractivity contribution in [1.82, 2.24) is 0 Å². The number of aryl methyl sites for hydroxylation is 1. The Morgan fingerprint density at radius 2 is 1.67 bits per heavy atom. The normalized spacial score (nSPS) is 11.8. The summed E-state index contributed by atoms with van der Waals surface area (Å²) in [5, 5.41) is 14.7. The highest BCUT2D eigenvalue weighted by molar-refractivity contribution is 5.99. The second-order valence-corrected chi connectivity index (χ2v) is 4.84. The Labute approximate surface area is 122 Å². The van der Waals surface area contributed by atoms with E-state index in [-0.39, 0.29) is 5.82 Å². The highest BCUT2D eigenvalue weighted by atomic mass is 19.1. The lowest BCUT2D eigenvalue weighted by atomic mass is 10.1. The first kappa shape index (κ1) is 15.0. The summed E-state index contributed by atoms with van der Waals surface area (Å²) in [5.74, 6) is -0.310. The van der Waals surface area contributed by atoms with E-state index < -0.39 is 12.1 Å². The van der Waals surface area contributed by atoms with Gasteiger partial charge in [-0.3, -0.25) is 0 Å². The van der Waals surface area contributed by atoms with Gasteiger partial charge in [-0.1, -0.05) is 12.1 Å². The number of hydrogen-bond donors (Lipinski definition) is 3. The molecule has 0 saturated carbocycles. The molecule has 0 aliphatic carbocycles. The van der Waals surface area contributed by atoms with Crippen LogP contribution in [0.5, 0.6) is 0 Å². The van der Waals surface area contributed by atoms with E-state index in [0.29, 0.717) is 16.9 Å². The molecule has 0 aliphatic heterocycles. The Balaban J connectivity index is 1.99. The summed E-state index contributed by atoms with van der Waals surface area (Å²) < 4.78 is 13.1. The minimum Gasteiger partial charge on any atom is -0.389 e. The van der Waals surface area contributed by atoms with Crippen molar-refractivity contribution in [3.8, 4) is 0 Å². The largest absolute Gasteiger partial charge is 0.389 e. The molecule has 1 atom stereocenters. The number of aliphatic hydroxyl groups excluding tert-OH is 1. The molecule has 3 N–H and O–H groups in total. The van der Waals surface area contributed by atoms with Gasteiger partial charge in [0.1, 0.15) is 5.82 Å². The maximum absolute atomic E-state index is 13.1. The van der Waals surface area contributed by atoms with Gasteiger partial charge in [-0.25, -0.2) is 9.18 Å². The van der Waals surface area contributed by atoms with Crippen LogP contribution in [-0.2, 0) is 0 Å². The van der Waals surface area contributed by atoms with Crippen molar-refractivity contribution in [2.45, 2.75) is 20.0 Å². The molecule has 0 heterocycles. The van der Waals surface area contributed by atoms with Gasteiger partial charge in [-0.05, 0) is 55.3 Å². The molecule has 2 amide bonds. The number of benzene rings is 2. The second kappa shape index (κ2) is 6.37. The lowest BCUT2D eigenvalue weighted by molar-refractivity contribution is 0.199. The number of aliphatic hydroxyl groups is 1. The van der Waals surface area contributed by atoms with Crippen LogP contribution in [0.3, 0.4) is 0 Å². The molecule has 2 aromatic rings. The first-order chi connectivity index (χ1) is 9.95. The summed E-state index contributed by atoms with van der Waals surface area (Å²) in [5.41, 5.74) is 2.37. The van der Waals surface area contributed by atoms with Gasteiger partial charge in [0.2, 0.25) is 0 Å².